The van der Waals surface area contributed by atoms with Gasteiger partial charge in [0.05, 0.1) is 30.1 Å². The van der Waals surface area contributed by atoms with Crippen LogP contribution in [0.15, 0.2) is 21.7 Å². The molecule has 4 heteroatoms. The van der Waals surface area contributed by atoms with Crippen LogP contribution < -0.4 is 0 Å². The number of nitrogens with zero attached hydrogens (tertiary/aromatic N) is 3. The Kier molecular flexibility index (Phi) is 1.35. The van der Waals surface area contributed by atoms with Crippen LogP contribution in [-0.4, -0.2) is 29.3 Å². The van der Waals surface area contributed by atoms with Crippen LogP contribution in [0.5, 0.6) is 0 Å². The number of aliphatic imine (C=N–C) groups is 1. The minimum atomic E-state index is 0.350. The van der Waals surface area contributed by atoms with Crippen molar-refractivity contribution in [3.05, 3.63) is 12.3 Å². The van der Waals surface area contributed by atoms with Gasteiger partial charge < -0.3 is 0 Å². The van der Waals surface area contributed by atoms with Crippen molar-refractivity contribution in [2.45, 2.75) is 6.04 Å². The molecule has 0 saturated heterocycles. The number of likely N-dealkylation sites (N-methyl/N-ethyl adjacent to an activating group) is 1. The monoisotopic (exact) mass is 153 g/mol. The van der Waals surface area contributed by atoms with E-state index in [0.29, 0.717) is 6.04 Å². The summed E-state index contributed by atoms with van der Waals surface area (Å²) in [6.07, 6.45) is 5.66. The Hall–Kier alpha value is -0.610. The van der Waals surface area contributed by atoms with Gasteiger partial charge in [-0.3, -0.25) is 4.99 Å². The van der Waals surface area contributed by atoms with E-state index in [4.69, 9.17) is 0 Å². The average molecular weight is 153 g/mol. The van der Waals surface area contributed by atoms with Crippen LogP contribution in [0.4, 0.5) is 0 Å². The second kappa shape index (κ2) is 2.21. The molecule has 2 heterocycles. The van der Waals surface area contributed by atoms with Gasteiger partial charge in [-0.2, -0.15) is 0 Å². The summed E-state index contributed by atoms with van der Waals surface area (Å²) < 4.78 is 6.29. The van der Waals surface area contributed by atoms with E-state index in [1.165, 1.54) is 12.1 Å². The molecule has 2 rings (SSSR count). The summed E-state index contributed by atoms with van der Waals surface area (Å²) in [4.78, 5) is 3.98. The van der Waals surface area contributed by atoms with Gasteiger partial charge >= 0.3 is 0 Å². The molecule has 1 unspecified atom stereocenters. The molecule has 0 aromatic carbocycles. The Morgan fingerprint density at radius 1 is 1.70 bits per heavy atom. The Morgan fingerprint density at radius 3 is 3.40 bits per heavy atom. The van der Waals surface area contributed by atoms with Crippen LogP contribution in [0.2, 0.25) is 0 Å². The average Bonchev–Trinajstić information content (AvgIpc) is 2.34. The summed E-state index contributed by atoms with van der Waals surface area (Å²) >= 11 is 1.48. The summed E-state index contributed by atoms with van der Waals surface area (Å²) in [7, 11) is 2.02. The minimum absolute atomic E-state index is 0.350. The van der Waals surface area contributed by atoms with E-state index in [2.05, 4.69) is 13.7 Å². The highest BCUT2D eigenvalue weighted by Gasteiger charge is 2.24. The molecule has 0 aromatic heterocycles. The quantitative estimate of drug-likeness (QED) is 0.484. The van der Waals surface area contributed by atoms with Crippen LogP contribution in [-0.2, 0) is 0 Å². The molecule has 1 atom stereocenters. The van der Waals surface area contributed by atoms with E-state index < -0.39 is 0 Å². The fourth-order valence-electron chi connectivity index (χ4n) is 0.973. The molecule has 0 aromatic rings. The van der Waals surface area contributed by atoms with Gasteiger partial charge in [0.2, 0.25) is 0 Å². The van der Waals surface area contributed by atoms with Gasteiger partial charge in [-0.15, -0.1) is 0 Å². The molecule has 0 spiro atoms. The van der Waals surface area contributed by atoms with Crippen LogP contribution >= 0.6 is 12.1 Å². The highest BCUT2D eigenvalue weighted by molar-refractivity contribution is 7.96. The first-order chi connectivity index (χ1) is 4.88. The third-order valence-electron chi connectivity index (χ3n) is 1.53. The lowest BCUT2D eigenvalue weighted by atomic mass is 10.1. The van der Waals surface area contributed by atoms with Crippen molar-refractivity contribution in [1.29, 1.82) is 0 Å². The maximum absolute atomic E-state index is 4.20. The summed E-state index contributed by atoms with van der Waals surface area (Å²) in [5.74, 6) is 0. The van der Waals surface area contributed by atoms with E-state index in [1.807, 2.05) is 19.3 Å². The van der Waals surface area contributed by atoms with Gasteiger partial charge in [-0.05, 0) is 6.08 Å². The number of fused-ring (bicyclic) bond motifs is 1. The Morgan fingerprint density at radius 2 is 2.60 bits per heavy atom. The van der Waals surface area contributed by atoms with Gasteiger partial charge in [0.1, 0.15) is 0 Å². The summed E-state index contributed by atoms with van der Waals surface area (Å²) in [5.41, 5.74) is 1.05. The van der Waals surface area contributed by atoms with Crippen molar-refractivity contribution in [2.24, 2.45) is 9.39 Å². The number of rotatable bonds is 0. The Bertz CT molecular complexity index is 231. The van der Waals surface area contributed by atoms with Crippen LogP contribution in [0.25, 0.3) is 0 Å². The molecule has 0 fully saturated rings. The molecule has 3 nitrogen and oxygen atoms in total. The van der Waals surface area contributed by atoms with E-state index in [9.17, 15) is 0 Å². The Balaban J connectivity index is 2.30. The summed E-state index contributed by atoms with van der Waals surface area (Å²) in [6.45, 7) is 0. The first-order valence-electron chi connectivity index (χ1n) is 3.05. The predicted octanol–water partition coefficient (Wildman–Crippen LogP) is 0.903. The largest absolute Gasteiger partial charge is 0.263 e. The summed E-state index contributed by atoms with van der Waals surface area (Å²) in [5, 5.41) is 0. The van der Waals surface area contributed by atoms with Crippen molar-refractivity contribution in [1.82, 2.24) is 4.31 Å². The second-order valence-electron chi connectivity index (χ2n) is 2.21. The number of hydrogen-bond acceptors (Lipinski definition) is 4. The van der Waals surface area contributed by atoms with Gasteiger partial charge in [-0.1, -0.05) is 0 Å². The molecular formula is C6H7N3S. The van der Waals surface area contributed by atoms with E-state index in [-0.39, 0.29) is 0 Å². The molecule has 0 saturated carbocycles. The van der Waals surface area contributed by atoms with Crippen molar-refractivity contribution < 1.29 is 0 Å². The van der Waals surface area contributed by atoms with E-state index >= 15 is 0 Å². The van der Waals surface area contributed by atoms with Crippen molar-refractivity contribution in [2.75, 3.05) is 7.05 Å². The normalized spacial score (nSPS) is 30.5. The topological polar surface area (TPSA) is 28.0 Å². The van der Waals surface area contributed by atoms with E-state index in [0.717, 1.165) is 5.71 Å². The lowest BCUT2D eigenvalue weighted by Crippen LogP contribution is -2.29. The van der Waals surface area contributed by atoms with E-state index in [1.54, 1.807) is 6.21 Å². The fourth-order valence-corrected chi connectivity index (χ4v) is 1.63. The molecule has 0 aliphatic carbocycles. The molecule has 2 aliphatic rings. The highest BCUT2D eigenvalue weighted by Crippen LogP contribution is 2.24. The van der Waals surface area contributed by atoms with Gasteiger partial charge in [0.25, 0.3) is 0 Å². The lowest BCUT2D eigenvalue weighted by Gasteiger charge is -2.14. The van der Waals surface area contributed by atoms with Crippen molar-refractivity contribution >= 4 is 24.1 Å². The minimum Gasteiger partial charge on any atom is -0.263 e. The van der Waals surface area contributed by atoms with Gasteiger partial charge in [-0.25, -0.2) is 8.70 Å². The second-order valence-corrected chi connectivity index (χ2v) is 3.13. The van der Waals surface area contributed by atoms with Crippen molar-refractivity contribution in [3.8, 4) is 0 Å². The van der Waals surface area contributed by atoms with Crippen LogP contribution in [0, 0.1) is 0 Å². The third kappa shape index (κ3) is 0.803. The third-order valence-corrected chi connectivity index (χ3v) is 2.31. The summed E-state index contributed by atoms with van der Waals surface area (Å²) in [6, 6.07) is 0.350. The first kappa shape index (κ1) is 6.12. The molecule has 0 radical (unpaired) electrons. The first-order valence-corrected chi connectivity index (χ1v) is 3.78. The molecular weight excluding hydrogens is 146 g/mol. The zero-order valence-electron chi connectivity index (χ0n) is 5.56. The van der Waals surface area contributed by atoms with Gasteiger partial charge in [0.15, 0.2) is 0 Å². The smallest absolute Gasteiger partial charge is 0.0905 e. The maximum atomic E-state index is 4.20. The lowest BCUT2D eigenvalue weighted by molar-refractivity contribution is 0.584. The van der Waals surface area contributed by atoms with Crippen LogP contribution in [0.3, 0.4) is 0 Å². The molecule has 2 aliphatic heterocycles. The maximum Gasteiger partial charge on any atom is 0.0905 e. The zero-order valence-corrected chi connectivity index (χ0v) is 6.38. The zero-order chi connectivity index (χ0) is 6.97. The van der Waals surface area contributed by atoms with Crippen molar-refractivity contribution in [3.63, 3.8) is 0 Å². The molecule has 0 amide bonds. The predicted molar refractivity (Wildman–Crippen MR) is 44.2 cm³/mol. The highest BCUT2D eigenvalue weighted by atomic mass is 32.2. The number of hydrogen-bond donors (Lipinski definition) is 0. The SMILES string of the molecule is CN1SN=C2C=NC=CC21. The molecule has 0 bridgehead atoms. The molecule has 52 valence electrons. The molecule has 10 heavy (non-hydrogen) atoms. The fraction of sp³-hybridized carbons (Fsp3) is 0.333. The van der Waals surface area contributed by atoms with Gasteiger partial charge in [0, 0.05) is 13.2 Å². The standard InChI is InChI=1S/C6H7N3S/c1-9-6-2-3-7-4-5(6)8-10-9/h2-4,6H,1H3. The van der Waals surface area contributed by atoms with Crippen LogP contribution in [0.1, 0.15) is 0 Å². The molecule has 0 N–H and O–H groups in total. The Labute approximate surface area is 63.8 Å².